The maximum Gasteiger partial charge on any atom is -0.124 e. The van der Waals surface area contributed by atoms with Gasteiger partial charge in [-0.05, 0) is 75.5 Å². The van der Waals surface area contributed by atoms with Gasteiger partial charge in [-0.1, -0.05) is 80.1 Å². The molecule has 0 fully saturated rings. The van der Waals surface area contributed by atoms with E-state index in [-0.39, 0.29) is 0 Å². The standard InChI is InChI=1S/2C12H27P.2C4H3S.2ClH.2Pt/c2*1-4-7-10-13(11-8-5-2)12-9-6-3;2*1-2-4-5-3-1;;;;/h2*4-12H2,1-3H3;2*1-3H;2*1H;;/q;;2*-1;;;2*+2/p-2. The Bertz CT molecular complexity index is 443. The van der Waals surface area contributed by atoms with Gasteiger partial charge in [0.2, 0.25) is 0 Å². The van der Waals surface area contributed by atoms with E-state index in [2.05, 4.69) is 71.1 Å². The molecule has 0 N–H and O–H groups in total. The van der Waals surface area contributed by atoms with Crippen molar-refractivity contribution in [2.24, 2.45) is 0 Å². The van der Waals surface area contributed by atoms with Crippen LogP contribution in [0.3, 0.4) is 0 Å². The third-order valence-electron chi connectivity index (χ3n) is 5.73. The summed E-state index contributed by atoms with van der Waals surface area (Å²) in [5, 5.41) is 9.78. The Balaban J connectivity index is -0.000000221. The van der Waals surface area contributed by atoms with Crippen molar-refractivity contribution in [3.8, 4) is 0 Å². The summed E-state index contributed by atoms with van der Waals surface area (Å²) >= 11 is 6.40. The smallest absolute Gasteiger partial charge is 0.124 e. The number of thiophene rings is 2. The quantitative estimate of drug-likeness (QED) is 0.103. The third-order valence-corrected chi connectivity index (χ3v) is 12.5. The molecule has 0 amide bonds. The summed E-state index contributed by atoms with van der Waals surface area (Å²) in [5.74, 6) is 0. The Labute approximate surface area is 293 Å². The molecule has 0 saturated heterocycles. The van der Waals surface area contributed by atoms with E-state index < -0.39 is 0 Å². The number of unbranched alkanes of at least 4 members (excludes halogenated alkanes) is 6. The molecular weight excluding hydrogens is 971 g/mol. The summed E-state index contributed by atoms with van der Waals surface area (Å²) in [4.78, 5) is 0. The largest absolute Gasteiger partial charge is 0.304 e. The summed E-state index contributed by atoms with van der Waals surface area (Å²) in [7, 11) is 10.1. The van der Waals surface area contributed by atoms with E-state index in [9.17, 15) is 0 Å². The Morgan fingerprint density at radius 2 is 0.700 bits per heavy atom. The van der Waals surface area contributed by atoms with Crippen LogP contribution in [0.2, 0.25) is 0 Å². The van der Waals surface area contributed by atoms with E-state index in [1.165, 1.54) is 77.0 Å². The molecule has 0 spiro atoms. The molecule has 0 aliphatic heterocycles. The van der Waals surface area contributed by atoms with Gasteiger partial charge in [-0.15, -0.1) is 26.6 Å². The molecule has 0 unspecified atom stereocenters. The van der Waals surface area contributed by atoms with Crippen LogP contribution in [0.1, 0.15) is 119 Å². The number of rotatable bonds is 18. The molecule has 40 heavy (non-hydrogen) atoms. The maximum atomic E-state index is 4.61. The molecule has 2 aromatic heterocycles. The van der Waals surface area contributed by atoms with Crippen LogP contribution < -0.4 is 0 Å². The normalized spacial score (nSPS) is 9.55. The summed E-state index contributed by atoms with van der Waals surface area (Å²) in [6.07, 6.45) is 26.4. The first kappa shape index (κ1) is 49.1. The third kappa shape index (κ3) is 47.2. The van der Waals surface area contributed by atoms with Gasteiger partial charge in [0.15, 0.2) is 0 Å². The zero-order chi connectivity index (χ0) is 31.0. The van der Waals surface area contributed by atoms with Crippen molar-refractivity contribution >= 4 is 57.4 Å². The molecule has 0 nitrogen and oxygen atoms in total. The molecule has 0 atom stereocenters. The van der Waals surface area contributed by atoms with Gasteiger partial charge in [0.05, 0.1) is 0 Å². The molecule has 244 valence electrons. The minimum Gasteiger partial charge on any atom is -0.304 e. The molecule has 0 bridgehead atoms. The first-order chi connectivity index (χ1) is 19.7. The summed E-state index contributed by atoms with van der Waals surface area (Å²) in [6.45, 7) is 13.9. The van der Waals surface area contributed by atoms with Crippen molar-refractivity contribution in [1.82, 2.24) is 0 Å². The van der Waals surface area contributed by atoms with Gasteiger partial charge >= 0.3 is 56.4 Å². The zero-order valence-corrected chi connectivity index (χ0v) is 35.8. The molecule has 0 aromatic carbocycles. The average molecular weight is 1030 g/mol. The van der Waals surface area contributed by atoms with E-state index in [0.29, 0.717) is 15.8 Å². The van der Waals surface area contributed by atoms with Crippen molar-refractivity contribution in [1.29, 1.82) is 0 Å². The topological polar surface area (TPSA) is 0 Å². The van der Waals surface area contributed by atoms with Gasteiger partial charge in [-0.2, -0.15) is 22.9 Å². The molecular formula is C32H60Cl2P2Pt2S2. The fourth-order valence-electron chi connectivity index (χ4n) is 3.35. The molecule has 0 saturated carbocycles. The fourth-order valence-corrected chi connectivity index (χ4v) is 10.1. The van der Waals surface area contributed by atoms with Crippen LogP contribution in [-0.2, 0) is 37.5 Å². The van der Waals surface area contributed by atoms with E-state index in [0.717, 1.165) is 0 Å². The van der Waals surface area contributed by atoms with Crippen LogP contribution in [-0.4, -0.2) is 37.0 Å². The second kappa shape index (κ2) is 50.8. The van der Waals surface area contributed by atoms with E-state index in [4.69, 9.17) is 0 Å². The van der Waals surface area contributed by atoms with Crippen molar-refractivity contribution < 1.29 is 37.5 Å². The SMILES string of the molecule is CCCCP(CCCC)CCCC.CCCCP(CCCC)CCCC.[Cl][Pt+].[Cl][Pt+].[c-]1cccs1.[c-]1cccs1. The van der Waals surface area contributed by atoms with Crippen molar-refractivity contribution in [2.75, 3.05) is 37.0 Å². The van der Waals surface area contributed by atoms with Gasteiger partial charge in [0.25, 0.3) is 0 Å². The molecule has 2 aromatic rings. The number of hydrogen-bond donors (Lipinski definition) is 0. The molecule has 2 rings (SSSR count). The summed E-state index contributed by atoms with van der Waals surface area (Å²) in [5.41, 5.74) is 0. The van der Waals surface area contributed by atoms with Crippen LogP contribution >= 0.6 is 57.4 Å². The first-order valence-electron chi connectivity index (χ1n) is 15.2. The number of hydrogen-bond acceptors (Lipinski definition) is 2. The zero-order valence-electron chi connectivity index (χ0n) is 26.3. The van der Waals surface area contributed by atoms with Gasteiger partial charge in [-0.25, -0.2) is 12.1 Å². The second-order valence-electron chi connectivity index (χ2n) is 9.27. The van der Waals surface area contributed by atoms with Crippen LogP contribution in [0.4, 0.5) is 0 Å². The van der Waals surface area contributed by atoms with Crippen LogP contribution in [0, 0.1) is 10.8 Å². The van der Waals surface area contributed by atoms with Crippen LogP contribution in [0.25, 0.3) is 0 Å². The summed E-state index contributed by atoms with van der Waals surface area (Å²) < 4.78 is 0. The Kier molecular flexibility index (Phi) is 62.4. The molecule has 0 radical (unpaired) electrons. The Morgan fingerprint density at radius 3 is 0.800 bits per heavy atom. The molecule has 2 heterocycles. The predicted octanol–water partition coefficient (Wildman–Crippen LogP) is 14.2. The molecule has 8 heteroatoms. The van der Waals surface area contributed by atoms with Gasteiger partial charge in [0.1, 0.15) is 0 Å². The van der Waals surface area contributed by atoms with Crippen molar-refractivity contribution in [3.05, 3.63) is 45.8 Å². The minimum absolute atomic E-state index is 0.422. The fraction of sp³-hybridized carbons (Fsp3) is 0.750. The average Bonchev–Trinajstić information content (AvgIpc) is 3.79. The van der Waals surface area contributed by atoms with Crippen LogP contribution in [0.15, 0.2) is 35.0 Å². The van der Waals surface area contributed by atoms with Gasteiger partial charge < -0.3 is 22.7 Å². The van der Waals surface area contributed by atoms with E-state index in [1.807, 2.05) is 35.0 Å². The second-order valence-corrected chi connectivity index (χ2v) is 16.1. The van der Waals surface area contributed by atoms with Crippen molar-refractivity contribution in [2.45, 2.75) is 119 Å². The number of halogens is 2. The first-order valence-corrected chi connectivity index (χ1v) is 26.4. The minimum atomic E-state index is 0.422. The Morgan fingerprint density at radius 1 is 0.475 bits per heavy atom. The van der Waals surface area contributed by atoms with Gasteiger partial charge in [-0.3, -0.25) is 0 Å². The maximum absolute atomic E-state index is 4.61. The van der Waals surface area contributed by atoms with Gasteiger partial charge in [0, 0.05) is 0 Å². The van der Waals surface area contributed by atoms with E-state index in [1.54, 1.807) is 97.2 Å². The van der Waals surface area contributed by atoms with Crippen molar-refractivity contribution in [3.63, 3.8) is 0 Å². The molecule has 0 aliphatic rings. The van der Waals surface area contributed by atoms with Crippen LogP contribution in [0.5, 0.6) is 0 Å². The molecule has 0 aliphatic carbocycles. The van der Waals surface area contributed by atoms with E-state index >= 15 is 0 Å². The monoisotopic (exact) mass is 1030 g/mol. The Hall–Kier alpha value is 2.22. The predicted molar refractivity (Wildman–Crippen MR) is 191 cm³/mol. The summed E-state index contributed by atoms with van der Waals surface area (Å²) in [6, 6.07) is 7.71.